The molecule has 0 saturated heterocycles. The Morgan fingerprint density at radius 2 is 2.17 bits per heavy atom. The minimum absolute atomic E-state index is 0.0468. The maximum atomic E-state index is 13.0. The molecule has 1 unspecified atom stereocenters. The predicted molar refractivity (Wildman–Crippen MR) is 89.6 cm³/mol. The normalized spacial score (nSPS) is 18.0. The summed E-state index contributed by atoms with van der Waals surface area (Å²) >= 11 is 1.54. The van der Waals surface area contributed by atoms with E-state index in [2.05, 4.69) is 5.10 Å². The Bertz CT molecular complexity index is 821. The Labute approximate surface area is 138 Å². The second-order valence-electron chi connectivity index (χ2n) is 5.70. The summed E-state index contributed by atoms with van der Waals surface area (Å²) in [6.45, 7) is 1.81. The minimum Gasteiger partial charge on any atom is -0.378 e. The molecular weight excluding hydrogens is 310 g/mol. The van der Waals surface area contributed by atoms with Gasteiger partial charge in [0.1, 0.15) is 0 Å². The standard InChI is InChI=1S/C17H17N3O2S/c1-22-14-10-19(9-13-6-7-18-20(13)11-14)17(21)16-8-12-4-2-3-5-15(12)23-16/h2-8,14H,9-11H2,1H3. The van der Waals surface area contributed by atoms with Crippen molar-refractivity contribution in [1.82, 2.24) is 14.7 Å². The number of hydrogen-bond acceptors (Lipinski definition) is 4. The first-order valence-electron chi connectivity index (χ1n) is 7.56. The van der Waals surface area contributed by atoms with Crippen molar-refractivity contribution in [3.8, 4) is 0 Å². The number of benzene rings is 1. The van der Waals surface area contributed by atoms with Crippen LogP contribution in [0.1, 0.15) is 15.4 Å². The Morgan fingerprint density at radius 1 is 1.30 bits per heavy atom. The molecule has 118 valence electrons. The van der Waals surface area contributed by atoms with Crippen LogP contribution in [0.3, 0.4) is 0 Å². The molecule has 0 fully saturated rings. The highest BCUT2D eigenvalue weighted by Gasteiger charge is 2.27. The maximum Gasteiger partial charge on any atom is 0.264 e. The highest BCUT2D eigenvalue weighted by molar-refractivity contribution is 7.20. The minimum atomic E-state index is -0.0468. The zero-order valence-electron chi connectivity index (χ0n) is 12.8. The molecule has 0 saturated carbocycles. The third kappa shape index (κ3) is 2.64. The Balaban J connectivity index is 1.66. The van der Waals surface area contributed by atoms with Crippen LogP contribution < -0.4 is 0 Å². The number of hydrogen-bond donors (Lipinski definition) is 0. The van der Waals surface area contributed by atoms with Crippen molar-refractivity contribution in [3.63, 3.8) is 0 Å². The zero-order chi connectivity index (χ0) is 15.8. The number of rotatable bonds is 2. The van der Waals surface area contributed by atoms with Gasteiger partial charge in [0.2, 0.25) is 0 Å². The van der Waals surface area contributed by atoms with Crippen LogP contribution in [0, 0.1) is 0 Å². The number of thiophene rings is 1. The van der Waals surface area contributed by atoms with E-state index in [0.717, 1.165) is 20.7 Å². The fourth-order valence-electron chi connectivity index (χ4n) is 2.96. The molecule has 23 heavy (non-hydrogen) atoms. The van der Waals surface area contributed by atoms with Crippen LogP contribution in [0.15, 0.2) is 42.6 Å². The molecule has 1 aliphatic rings. The lowest BCUT2D eigenvalue weighted by molar-refractivity contribution is 0.0453. The van der Waals surface area contributed by atoms with Gasteiger partial charge in [0.25, 0.3) is 5.91 Å². The van der Waals surface area contributed by atoms with Crippen molar-refractivity contribution in [1.29, 1.82) is 0 Å². The molecule has 1 amide bonds. The molecular formula is C17H17N3O2S. The Morgan fingerprint density at radius 3 is 3.00 bits per heavy atom. The average Bonchev–Trinajstić information content (AvgIpc) is 3.15. The molecule has 3 aromatic rings. The highest BCUT2D eigenvalue weighted by atomic mass is 32.1. The summed E-state index contributed by atoms with van der Waals surface area (Å²) in [6.07, 6.45) is 1.73. The van der Waals surface area contributed by atoms with E-state index in [1.807, 2.05) is 46.0 Å². The molecule has 2 aromatic heterocycles. The van der Waals surface area contributed by atoms with E-state index in [-0.39, 0.29) is 12.0 Å². The Kier molecular flexibility index (Phi) is 3.63. The van der Waals surface area contributed by atoms with Gasteiger partial charge in [0.15, 0.2) is 0 Å². The van der Waals surface area contributed by atoms with Gasteiger partial charge in [-0.25, -0.2) is 0 Å². The van der Waals surface area contributed by atoms with Crippen LogP contribution in [0.4, 0.5) is 0 Å². The van der Waals surface area contributed by atoms with Crippen LogP contribution in [0.25, 0.3) is 10.1 Å². The first-order chi connectivity index (χ1) is 11.2. The summed E-state index contributed by atoms with van der Waals surface area (Å²) in [5, 5.41) is 5.43. The molecule has 1 aromatic carbocycles. The molecule has 3 heterocycles. The van der Waals surface area contributed by atoms with Crippen LogP contribution in [-0.4, -0.2) is 40.3 Å². The number of carbonyl (C=O) groups excluding carboxylic acids is 1. The van der Waals surface area contributed by atoms with Gasteiger partial charge in [-0.05, 0) is 23.6 Å². The summed E-state index contributed by atoms with van der Waals surface area (Å²) in [4.78, 5) is 15.6. The molecule has 4 rings (SSSR count). The van der Waals surface area contributed by atoms with Crippen molar-refractivity contribution in [2.45, 2.75) is 19.2 Å². The van der Waals surface area contributed by atoms with Gasteiger partial charge in [0.05, 0.1) is 29.8 Å². The van der Waals surface area contributed by atoms with Crippen LogP contribution in [-0.2, 0) is 17.8 Å². The molecule has 5 nitrogen and oxygen atoms in total. The predicted octanol–water partition coefficient (Wildman–Crippen LogP) is 2.77. The van der Waals surface area contributed by atoms with Gasteiger partial charge in [-0.15, -0.1) is 11.3 Å². The van der Waals surface area contributed by atoms with Crippen LogP contribution >= 0.6 is 11.3 Å². The summed E-state index contributed by atoms with van der Waals surface area (Å²) in [7, 11) is 1.68. The van der Waals surface area contributed by atoms with Crippen molar-refractivity contribution in [3.05, 3.63) is 53.2 Å². The smallest absolute Gasteiger partial charge is 0.264 e. The van der Waals surface area contributed by atoms with E-state index in [1.165, 1.54) is 0 Å². The molecule has 1 aliphatic heterocycles. The summed E-state index contributed by atoms with van der Waals surface area (Å²) < 4.78 is 8.58. The third-order valence-corrected chi connectivity index (χ3v) is 5.32. The average molecular weight is 327 g/mol. The van der Waals surface area contributed by atoms with Crippen molar-refractivity contribution >= 4 is 27.3 Å². The molecule has 0 radical (unpaired) electrons. The monoisotopic (exact) mass is 327 g/mol. The highest BCUT2D eigenvalue weighted by Crippen LogP contribution is 2.27. The number of aromatic nitrogens is 2. The number of methoxy groups -OCH3 is 1. The molecule has 6 heteroatoms. The second kappa shape index (κ2) is 5.79. The van der Waals surface area contributed by atoms with Crippen LogP contribution in [0.5, 0.6) is 0 Å². The van der Waals surface area contributed by atoms with Gasteiger partial charge in [-0.2, -0.15) is 5.10 Å². The lowest BCUT2D eigenvalue weighted by Crippen LogP contribution is -2.36. The van der Waals surface area contributed by atoms with Gasteiger partial charge in [0, 0.05) is 24.6 Å². The van der Waals surface area contributed by atoms with E-state index in [0.29, 0.717) is 19.6 Å². The van der Waals surface area contributed by atoms with E-state index >= 15 is 0 Å². The van der Waals surface area contributed by atoms with E-state index in [4.69, 9.17) is 4.74 Å². The molecule has 0 N–H and O–H groups in total. The number of nitrogens with zero attached hydrogens (tertiary/aromatic N) is 3. The number of carbonyl (C=O) groups is 1. The second-order valence-corrected chi connectivity index (χ2v) is 6.78. The lowest BCUT2D eigenvalue weighted by atomic mass is 10.2. The molecule has 1 atom stereocenters. The van der Waals surface area contributed by atoms with Crippen LogP contribution in [0.2, 0.25) is 0 Å². The maximum absolute atomic E-state index is 13.0. The number of ether oxygens (including phenoxy) is 1. The van der Waals surface area contributed by atoms with Crippen molar-refractivity contribution in [2.24, 2.45) is 0 Å². The van der Waals surface area contributed by atoms with Gasteiger partial charge in [-0.1, -0.05) is 18.2 Å². The topological polar surface area (TPSA) is 47.4 Å². The van der Waals surface area contributed by atoms with Crippen molar-refractivity contribution in [2.75, 3.05) is 13.7 Å². The lowest BCUT2D eigenvalue weighted by Gasteiger charge is -2.22. The fraction of sp³-hybridized carbons (Fsp3) is 0.294. The quantitative estimate of drug-likeness (QED) is 0.727. The third-order valence-electron chi connectivity index (χ3n) is 4.21. The molecule has 0 bridgehead atoms. The summed E-state index contributed by atoms with van der Waals surface area (Å²) in [5.41, 5.74) is 1.04. The number of fused-ring (bicyclic) bond motifs is 2. The largest absolute Gasteiger partial charge is 0.378 e. The summed E-state index contributed by atoms with van der Waals surface area (Å²) in [6, 6.07) is 12.0. The zero-order valence-corrected chi connectivity index (χ0v) is 13.6. The first kappa shape index (κ1) is 14.4. The number of amides is 1. The van der Waals surface area contributed by atoms with Crippen molar-refractivity contribution < 1.29 is 9.53 Å². The summed E-state index contributed by atoms with van der Waals surface area (Å²) in [5.74, 6) is 0.0582. The fourth-order valence-corrected chi connectivity index (χ4v) is 3.99. The van der Waals surface area contributed by atoms with E-state index in [1.54, 1.807) is 24.6 Å². The van der Waals surface area contributed by atoms with Gasteiger partial charge in [-0.3, -0.25) is 9.48 Å². The van der Waals surface area contributed by atoms with Gasteiger partial charge >= 0.3 is 0 Å². The molecule has 0 aliphatic carbocycles. The van der Waals surface area contributed by atoms with E-state index < -0.39 is 0 Å². The molecule has 0 spiro atoms. The Hall–Kier alpha value is -2.18. The van der Waals surface area contributed by atoms with E-state index in [9.17, 15) is 4.79 Å². The SMILES string of the molecule is COC1CN(C(=O)c2cc3ccccc3s2)Cc2ccnn2C1. The van der Waals surface area contributed by atoms with Gasteiger partial charge < -0.3 is 9.64 Å². The first-order valence-corrected chi connectivity index (χ1v) is 8.37.